The summed E-state index contributed by atoms with van der Waals surface area (Å²) in [4.78, 5) is 25.8. The fraction of sp³-hybridized carbons (Fsp3) is 0.444. The number of urea groups is 1. The van der Waals surface area contributed by atoms with Gasteiger partial charge in [0.25, 0.3) is 0 Å². The predicted molar refractivity (Wildman–Crippen MR) is 90.8 cm³/mol. The monoisotopic (exact) mass is 315 g/mol. The summed E-state index contributed by atoms with van der Waals surface area (Å²) < 4.78 is 0. The van der Waals surface area contributed by atoms with Crippen LogP contribution >= 0.6 is 0 Å². The summed E-state index contributed by atoms with van der Waals surface area (Å²) in [6, 6.07) is 9.94. The molecule has 5 nitrogen and oxygen atoms in total. The highest BCUT2D eigenvalue weighted by molar-refractivity contribution is 5.95. The van der Waals surface area contributed by atoms with Gasteiger partial charge in [-0.3, -0.25) is 15.0 Å². The number of benzene rings is 1. The molecule has 124 valence electrons. The number of imide groups is 1. The second kappa shape index (κ2) is 8.48. The van der Waals surface area contributed by atoms with Crippen molar-refractivity contribution < 1.29 is 9.59 Å². The minimum atomic E-state index is -0.478. The van der Waals surface area contributed by atoms with E-state index in [4.69, 9.17) is 0 Å². The molecule has 1 saturated carbocycles. The molecule has 0 spiro atoms. The van der Waals surface area contributed by atoms with Crippen LogP contribution in [-0.4, -0.2) is 36.0 Å². The van der Waals surface area contributed by atoms with Crippen molar-refractivity contribution in [2.75, 3.05) is 13.1 Å². The molecule has 0 bridgehead atoms. The lowest BCUT2D eigenvalue weighted by atomic mass is 10.1. The van der Waals surface area contributed by atoms with Crippen LogP contribution in [0.25, 0.3) is 0 Å². The summed E-state index contributed by atoms with van der Waals surface area (Å²) in [6.45, 7) is 6.94. The van der Waals surface area contributed by atoms with E-state index in [1.807, 2.05) is 18.2 Å². The normalized spacial score (nSPS) is 15.0. The average Bonchev–Trinajstić information content (AvgIpc) is 3.37. The van der Waals surface area contributed by atoms with Gasteiger partial charge in [-0.1, -0.05) is 36.4 Å². The maximum absolute atomic E-state index is 12.1. The quantitative estimate of drug-likeness (QED) is 0.724. The van der Waals surface area contributed by atoms with Crippen LogP contribution in [0, 0.1) is 5.92 Å². The lowest BCUT2D eigenvalue weighted by Gasteiger charge is -2.28. The van der Waals surface area contributed by atoms with Gasteiger partial charge in [-0.2, -0.15) is 0 Å². The smallest absolute Gasteiger partial charge is 0.321 e. The number of hydrogen-bond donors (Lipinski definition) is 2. The van der Waals surface area contributed by atoms with Crippen LogP contribution in [0.3, 0.4) is 0 Å². The SMILES string of the molecule is C=CCNC(=O)NC(=O)CN(Cc1ccccc1)C(C)C1CC1. The third kappa shape index (κ3) is 5.87. The highest BCUT2D eigenvalue weighted by Crippen LogP contribution is 2.35. The van der Waals surface area contributed by atoms with E-state index < -0.39 is 6.03 Å². The van der Waals surface area contributed by atoms with E-state index in [1.54, 1.807) is 6.08 Å². The van der Waals surface area contributed by atoms with Crippen LogP contribution in [-0.2, 0) is 11.3 Å². The standard InChI is InChI=1S/C18H25N3O2/c1-3-11-19-18(23)20-17(22)13-21(14(2)16-9-10-16)12-15-7-5-4-6-8-15/h3-8,14,16H,1,9-13H2,2H3,(H2,19,20,22,23). The molecule has 23 heavy (non-hydrogen) atoms. The maximum Gasteiger partial charge on any atom is 0.321 e. The number of nitrogens with one attached hydrogen (secondary N) is 2. The molecule has 1 fully saturated rings. The van der Waals surface area contributed by atoms with Gasteiger partial charge in [-0.05, 0) is 31.2 Å². The van der Waals surface area contributed by atoms with Crippen LogP contribution in [0.15, 0.2) is 43.0 Å². The van der Waals surface area contributed by atoms with Crippen molar-refractivity contribution in [3.63, 3.8) is 0 Å². The van der Waals surface area contributed by atoms with Gasteiger partial charge in [0.15, 0.2) is 0 Å². The van der Waals surface area contributed by atoms with Gasteiger partial charge >= 0.3 is 6.03 Å². The van der Waals surface area contributed by atoms with Gasteiger partial charge in [-0.15, -0.1) is 6.58 Å². The van der Waals surface area contributed by atoms with Gasteiger partial charge in [0, 0.05) is 19.1 Å². The molecule has 0 aliphatic heterocycles. The summed E-state index contributed by atoms with van der Waals surface area (Å²) in [5.41, 5.74) is 1.17. The van der Waals surface area contributed by atoms with Crippen LogP contribution < -0.4 is 10.6 Å². The fourth-order valence-corrected chi connectivity index (χ4v) is 2.60. The van der Waals surface area contributed by atoms with Crippen molar-refractivity contribution in [2.45, 2.75) is 32.4 Å². The van der Waals surface area contributed by atoms with E-state index in [2.05, 4.69) is 41.2 Å². The Morgan fingerprint density at radius 3 is 2.65 bits per heavy atom. The molecule has 1 unspecified atom stereocenters. The zero-order valence-electron chi connectivity index (χ0n) is 13.6. The summed E-state index contributed by atoms with van der Waals surface area (Å²) in [7, 11) is 0. The van der Waals surface area contributed by atoms with Crippen molar-refractivity contribution in [3.05, 3.63) is 48.6 Å². The first kappa shape index (κ1) is 17.2. The van der Waals surface area contributed by atoms with Crippen LogP contribution in [0.1, 0.15) is 25.3 Å². The third-order valence-corrected chi connectivity index (χ3v) is 4.12. The largest absolute Gasteiger partial charge is 0.334 e. The topological polar surface area (TPSA) is 61.4 Å². The predicted octanol–water partition coefficient (Wildman–Crippen LogP) is 2.30. The van der Waals surface area contributed by atoms with Crippen molar-refractivity contribution in [1.82, 2.24) is 15.5 Å². The number of amides is 3. The molecule has 0 radical (unpaired) electrons. The van der Waals surface area contributed by atoms with E-state index in [0.717, 1.165) is 0 Å². The molecule has 0 saturated heterocycles. The molecule has 1 atom stereocenters. The minimum absolute atomic E-state index is 0.216. The zero-order valence-corrected chi connectivity index (χ0v) is 13.6. The maximum atomic E-state index is 12.1. The van der Waals surface area contributed by atoms with Crippen LogP contribution in [0.2, 0.25) is 0 Å². The van der Waals surface area contributed by atoms with E-state index in [1.165, 1.54) is 18.4 Å². The minimum Gasteiger partial charge on any atom is -0.334 e. The van der Waals surface area contributed by atoms with Gasteiger partial charge in [0.05, 0.1) is 6.54 Å². The van der Waals surface area contributed by atoms with E-state index in [0.29, 0.717) is 25.0 Å². The molecular weight excluding hydrogens is 290 g/mol. The van der Waals surface area contributed by atoms with Crippen LogP contribution in [0.5, 0.6) is 0 Å². The first-order valence-corrected chi connectivity index (χ1v) is 8.06. The number of rotatable bonds is 8. The first-order valence-electron chi connectivity index (χ1n) is 8.06. The lowest BCUT2D eigenvalue weighted by Crippen LogP contribution is -2.46. The number of hydrogen-bond acceptors (Lipinski definition) is 3. The highest BCUT2D eigenvalue weighted by Gasteiger charge is 2.32. The lowest BCUT2D eigenvalue weighted by molar-refractivity contribution is -0.121. The van der Waals surface area contributed by atoms with Gasteiger partial charge in [0.2, 0.25) is 5.91 Å². The highest BCUT2D eigenvalue weighted by atomic mass is 16.2. The second-order valence-electron chi connectivity index (χ2n) is 6.02. The third-order valence-electron chi connectivity index (χ3n) is 4.12. The van der Waals surface area contributed by atoms with Gasteiger partial charge in [-0.25, -0.2) is 4.79 Å². The molecule has 0 aromatic heterocycles. The van der Waals surface area contributed by atoms with E-state index in [9.17, 15) is 9.59 Å². The summed E-state index contributed by atoms with van der Waals surface area (Å²) >= 11 is 0. The van der Waals surface area contributed by atoms with Crippen molar-refractivity contribution in [2.24, 2.45) is 5.92 Å². The molecule has 3 amide bonds. The Balaban J connectivity index is 1.92. The molecule has 0 heterocycles. The number of carbonyl (C=O) groups is 2. The van der Waals surface area contributed by atoms with E-state index >= 15 is 0 Å². The van der Waals surface area contributed by atoms with Crippen molar-refractivity contribution >= 4 is 11.9 Å². The van der Waals surface area contributed by atoms with Gasteiger partial charge in [0.1, 0.15) is 0 Å². The first-order chi connectivity index (χ1) is 11.1. The Morgan fingerprint density at radius 2 is 2.04 bits per heavy atom. The molecule has 1 aromatic carbocycles. The molecule has 1 aliphatic rings. The average molecular weight is 315 g/mol. The zero-order chi connectivity index (χ0) is 16.7. The molecule has 1 aliphatic carbocycles. The van der Waals surface area contributed by atoms with Crippen molar-refractivity contribution in [3.8, 4) is 0 Å². The summed E-state index contributed by atoms with van der Waals surface area (Å²) in [5.74, 6) is 0.371. The molecular formula is C18H25N3O2. The molecule has 5 heteroatoms. The molecule has 2 N–H and O–H groups in total. The Bertz CT molecular complexity index is 540. The Morgan fingerprint density at radius 1 is 1.35 bits per heavy atom. The number of nitrogens with zero attached hydrogens (tertiary/aromatic N) is 1. The Kier molecular flexibility index (Phi) is 6.35. The molecule has 1 aromatic rings. The second-order valence-corrected chi connectivity index (χ2v) is 6.02. The number of carbonyl (C=O) groups excluding carboxylic acids is 2. The molecule has 2 rings (SSSR count). The van der Waals surface area contributed by atoms with Crippen molar-refractivity contribution in [1.29, 1.82) is 0 Å². The van der Waals surface area contributed by atoms with E-state index in [-0.39, 0.29) is 12.5 Å². The summed E-state index contributed by atoms with van der Waals surface area (Å²) in [5, 5.41) is 4.91. The Labute approximate surface area is 137 Å². The van der Waals surface area contributed by atoms with Crippen LogP contribution in [0.4, 0.5) is 4.79 Å². The fourth-order valence-electron chi connectivity index (χ4n) is 2.60. The Hall–Kier alpha value is -2.14. The summed E-state index contributed by atoms with van der Waals surface area (Å²) in [6.07, 6.45) is 4.00. The van der Waals surface area contributed by atoms with Gasteiger partial charge < -0.3 is 5.32 Å².